The standard InChI is InChI=1S/C68H76IN5O2/c1-63(2,3)43-29-40(30-44(35-43)64(4,5)6)58-50-23-24-51(70-50)59(41-31-45(65(7,8)9)36-46(32-41)66(10,11)12)53-27-28-55(72-53)61(39-19-21-49(69)22-20-39)62-57(74(75)76)38-56(73-62)60(54-26-25-52(58)71-54)42-33-47(67(13,14)15)37-48(34-42)68(16,17)18/h19-38,71,73H,1-18H3. The van der Waals surface area contributed by atoms with Crippen molar-refractivity contribution in [2.24, 2.45) is 0 Å². The van der Waals surface area contributed by atoms with E-state index in [2.05, 4.69) is 242 Å². The monoisotopic (exact) mass is 1120 g/mol. The van der Waals surface area contributed by atoms with Gasteiger partial charge in [0.05, 0.1) is 33.2 Å². The largest absolute Gasteiger partial charge is 0.354 e. The van der Waals surface area contributed by atoms with E-state index < -0.39 is 0 Å². The number of nitrogens with one attached hydrogen (secondary N) is 2. The quantitative estimate of drug-likeness (QED) is 0.102. The zero-order chi connectivity index (χ0) is 55.4. The molecule has 7 aromatic rings. The number of halogens is 1. The SMILES string of the molecule is CC(C)(C)c1cc(-c2c3nc(c(-c4cc(C(C)(C)C)cc(C(C)(C)C)c4)c4ccc([nH]4)c(-c4cc(C(C)(C)C)cc(C(C)(C)C)c4)c4cc([N+](=O)[O-])c([nH]4)c(-c4ccc(I)cc4)c4nc2C=C4)C=C3)cc(C(C)(C)C)c1. The zero-order valence-corrected chi connectivity index (χ0v) is 50.2. The van der Waals surface area contributed by atoms with E-state index in [-0.39, 0.29) is 43.1 Å². The summed E-state index contributed by atoms with van der Waals surface area (Å²) in [6.07, 6.45) is 8.39. The van der Waals surface area contributed by atoms with Crippen LogP contribution in [0.15, 0.2) is 97.1 Å². The molecule has 0 spiro atoms. The van der Waals surface area contributed by atoms with Crippen molar-refractivity contribution in [3.8, 4) is 44.5 Å². The van der Waals surface area contributed by atoms with Gasteiger partial charge >= 0.3 is 0 Å². The fraction of sp³-hybridized carbons (Fsp3) is 0.353. The van der Waals surface area contributed by atoms with Crippen LogP contribution >= 0.6 is 22.6 Å². The van der Waals surface area contributed by atoms with E-state index in [9.17, 15) is 10.1 Å². The van der Waals surface area contributed by atoms with E-state index in [1.165, 1.54) is 33.4 Å². The van der Waals surface area contributed by atoms with Gasteiger partial charge in [-0.05, 0) is 159 Å². The minimum atomic E-state index is -0.260. The third kappa shape index (κ3) is 10.8. The van der Waals surface area contributed by atoms with Crippen LogP contribution in [0.25, 0.3) is 90.9 Å². The average Bonchev–Trinajstić information content (AvgIpc) is 4.16. The second-order valence-corrected chi connectivity index (χ2v) is 28.6. The van der Waals surface area contributed by atoms with Crippen LogP contribution in [0.3, 0.4) is 0 Å². The molecular formula is C68H76IN5O2. The normalized spacial score (nSPS) is 13.5. The zero-order valence-electron chi connectivity index (χ0n) is 48.1. The van der Waals surface area contributed by atoms with Crippen molar-refractivity contribution in [3.63, 3.8) is 0 Å². The van der Waals surface area contributed by atoms with Gasteiger partial charge in [-0.15, -0.1) is 0 Å². The average molecular weight is 1120 g/mol. The highest BCUT2D eigenvalue weighted by Gasteiger charge is 2.29. The number of hydrogen-bond donors (Lipinski definition) is 2. The maximum Gasteiger partial charge on any atom is 0.295 e. The molecule has 2 aliphatic rings. The summed E-state index contributed by atoms with van der Waals surface area (Å²) < 4.78 is 1.05. The van der Waals surface area contributed by atoms with Crippen LogP contribution in [-0.4, -0.2) is 24.9 Å². The molecule has 0 fully saturated rings. The summed E-state index contributed by atoms with van der Waals surface area (Å²) in [6, 6.07) is 35.0. The lowest BCUT2D eigenvalue weighted by Gasteiger charge is -2.26. The van der Waals surface area contributed by atoms with Gasteiger partial charge in [-0.1, -0.05) is 191 Å². The molecule has 0 radical (unpaired) electrons. The maximum absolute atomic E-state index is 13.7. The highest BCUT2D eigenvalue weighted by Crippen LogP contribution is 2.45. The molecule has 9 rings (SSSR count). The number of rotatable bonds is 5. The predicted molar refractivity (Wildman–Crippen MR) is 332 cm³/mol. The lowest BCUT2D eigenvalue weighted by atomic mass is 9.78. The number of aromatic amines is 2. The summed E-state index contributed by atoms with van der Waals surface area (Å²) in [4.78, 5) is 32.5. The number of nitro groups is 1. The highest BCUT2D eigenvalue weighted by molar-refractivity contribution is 14.1. The van der Waals surface area contributed by atoms with Gasteiger partial charge in [0.1, 0.15) is 5.52 Å². The Morgan fingerprint density at radius 2 is 0.711 bits per heavy atom. The van der Waals surface area contributed by atoms with Crippen LogP contribution in [0, 0.1) is 13.7 Å². The molecule has 2 aliphatic heterocycles. The van der Waals surface area contributed by atoms with Crippen molar-refractivity contribution in [3.05, 3.63) is 167 Å². The molecule has 0 saturated carbocycles. The van der Waals surface area contributed by atoms with Crippen LogP contribution in [-0.2, 0) is 32.5 Å². The molecule has 0 amide bonds. The van der Waals surface area contributed by atoms with Gasteiger partial charge in [0, 0.05) is 42.9 Å². The smallest absolute Gasteiger partial charge is 0.295 e. The summed E-state index contributed by atoms with van der Waals surface area (Å²) in [6.45, 7) is 40.7. The number of nitrogens with zero attached hydrogens (tertiary/aromatic N) is 3. The highest BCUT2D eigenvalue weighted by atomic mass is 127. The van der Waals surface area contributed by atoms with Crippen LogP contribution in [0.4, 0.5) is 5.69 Å². The van der Waals surface area contributed by atoms with Crippen molar-refractivity contribution in [2.45, 2.75) is 157 Å². The first-order chi connectivity index (χ1) is 35.1. The van der Waals surface area contributed by atoms with Gasteiger partial charge < -0.3 is 9.97 Å². The molecule has 0 aliphatic carbocycles. The summed E-state index contributed by atoms with van der Waals surface area (Å²) >= 11 is 2.31. The molecule has 0 atom stereocenters. The maximum atomic E-state index is 13.7. The Labute approximate surface area is 465 Å². The number of fused-ring (bicyclic) bond motifs is 8. The molecule has 2 N–H and O–H groups in total. The first-order valence-electron chi connectivity index (χ1n) is 26.7. The molecule has 76 heavy (non-hydrogen) atoms. The topological polar surface area (TPSA) is 100 Å². The van der Waals surface area contributed by atoms with E-state index in [0.717, 1.165) is 70.6 Å². The first-order valence-corrected chi connectivity index (χ1v) is 27.8. The van der Waals surface area contributed by atoms with Crippen molar-refractivity contribution in [2.75, 3.05) is 0 Å². The summed E-state index contributed by atoms with van der Waals surface area (Å²) in [7, 11) is 0. The Hall–Kier alpha value is -6.39. The van der Waals surface area contributed by atoms with Gasteiger partial charge in [-0.3, -0.25) is 10.1 Å². The van der Waals surface area contributed by atoms with Crippen LogP contribution in [0.1, 0.15) is 181 Å². The van der Waals surface area contributed by atoms with E-state index in [0.29, 0.717) is 22.3 Å². The molecule has 0 saturated heterocycles. The number of H-pyrrole nitrogens is 2. The van der Waals surface area contributed by atoms with Gasteiger partial charge in [0.25, 0.3) is 5.69 Å². The van der Waals surface area contributed by atoms with Crippen molar-refractivity contribution in [1.82, 2.24) is 19.9 Å². The molecular weight excluding hydrogens is 1050 g/mol. The molecule has 392 valence electrons. The lowest BCUT2D eigenvalue weighted by molar-refractivity contribution is -0.382. The van der Waals surface area contributed by atoms with E-state index >= 15 is 0 Å². The summed E-state index contributed by atoms with van der Waals surface area (Å²) in [5.41, 5.74) is 18.9. The van der Waals surface area contributed by atoms with Crippen LogP contribution in [0.2, 0.25) is 0 Å². The third-order valence-corrected chi connectivity index (χ3v) is 15.8. The fourth-order valence-corrected chi connectivity index (χ4v) is 10.5. The molecule has 8 heteroatoms. The van der Waals surface area contributed by atoms with E-state index in [1.54, 1.807) is 6.07 Å². The molecule has 3 aromatic heterocycles. The molecule has 5 heterocycles. The Balaban J connectivity index is 1.57. The number of hydrogen-bond acceptors (Lipinski definition) is 4. The minimum absolute atomic E-state index is 0.0375. The Morgan fingerprint density at radius 1 is 0.382 bits per heavy atom. The number of benzene rings is 4. The Bertz CT molecular complexity index is 3630. The predicted octanol–water partition coefficient (Wildman–Crippen LogP) is 19.6. The molecule has 8 bridgehead atoms. The third-order valence-electron chi connectivity index (χ3n) is 15.0. The molecule has 0 unspecified atom stereocenters. The van der Waals surface area contributed by atoms with Crippen LogP contribution in [0.5, 0.6) is 0 Å². The van der Waals surface area contributed by atoms with Crippen molar-refractivity contribution < 1.29 is 4.92 Å². The van der Waals surface area contributed by atoms with Gasteiger partial charge in [0.15, 0.2) is 0 Å². The number of aromatic nitrogens is 4. The first kappa shape index (κ1) is 54.4. The Kier molecular flexibility index (Phi) is 13.6. The summed E-state index contributed by atoms with van der Waals surface area (Å²) in [5, 5.41) is 13.7. The van der Waals surface area contributed by atoms with Gasteiger partial charge in [-0.2, -0.15) is 0 Å². The van der Waals surface area contributed by atoms with Gasteiger partial charge in [0.2, 0.25) is 0 Å². The summed E-state index contributed by atoms with van der Waals surface area (Å²) in [5.74, 6) is 0. The molecule has 4 aromatic carbocycles. The minimum Gasteiger partial charge on any atom is -0.354 e. The van der Waals surface area contributed by atoms with Crippen molar-refractivity contribution >= 4 is 74.6 Å². The molecule has 7 nitrogen and oxygen atoms in total. The van der Waals surface area contributed by atoms with Crippen LogP contribution < -0.4 is 0 Å². The fourth-order valence-electron chi connectivity index (χ4n) is 10.2. The van der Waals surface area contributed by atoms with E-state index in [4.69, 9.17) is 9.97 Å². The van der Waals surface area contributed by atoms with Gasteiger partial charge in [-0.25, -0.2) is 9.97 Å². The second kappa shape index (κ2) is 19.0. The Morgan fingerprint density at radius 3 is 1.08 bits per heavy atom. The lowest BCUT2D eigenvalue weighted by Crippen LogP contribution is -2.16. The van der Waals surface area contributed by atoms with Crippen molar-refractivity contribution in [1.29, 1.82) is 0 Å². The van der Waals surface area contributed by atoms with E-state index in [1.807, 2.05) is 30.3 Å². The second-order valence-electron chi connectivity index (χ2n) is 27.3.